The molecule has 0 bridgehead atoms. The number of alkyl halides is 3. The van der Waals surface area contributed by atoms with Gasteiger partial charge in [-0.25, -0.2) is 0 Å². The largest absolute Gasteiger partial charge is 0.416 e. The van der Waals surface area contributed by atoms with Crippen LogP contribution in [0.5, 0.6) is 0 Å². The fraction of sp³-hybridized carbons (Fsp3) is 0.105. The molecule has 1 heterocycles. The van der Waals surface area contributed by atoms with Crippen LogP contribution in [-0.2, 0) is 15.8 Å². The molecule has 0 saturated carbocycles. The number of amides is 2. The molecule has 5 nitrogen and oxygen atoms in total. The lowest BCUT2D eigenvalue weighted by Crippen LogP contribution is -2.32. The molecule has 8 heteroatoms. The normalized spacial score (nSPS) is 12.6. The van der Waals surface area contributed by atoms with Crippen molar-refractivity contribution >= 4 is 28.4 Å². The molecule has 0 aliphatic carbocycles. The number of carbonyl (C=O) groups is 2. The first-order valence-corrected chi connectivity index (χ1v) is 7.88. The van der Waals surface area contributed by atoms with Crippen molar-refractivity contribution in [1.29, 1.82) is 0 Å². The summed E-state index contributed by atoms with van der Waals surface area (Å²) < 4.78 is 38.0. The van der Waals surface area contributed by atoms with E-state index in [-0.39, 0.29) is 5.56 Å². The Bertz CT molecular complexity index is 1000. The van der Waals surface area contributed by atoms with Crippen molar-refractivity contribution in [3.63, 3.8) is 0 Å². The molecular weight excluding hydrogens is 359 g/mol. The van der Waals surface area contributed by atoms with E-state index in [0.717, 1.165) is 35.2 Å². The third-order valence-electron chi connectivity index (χ3n) is 3.99. The molecule has 3 aromatic rings. The fourth-order valence-corrected chi connectivity index (χ4v) is 2.68. The van der Waals surface area contributed by atoms with Crippen LogP contribution in [0.1, 0.15) is 17.0 Å². The van der Waals surface area contributed by atoms with Gasteiger partial charge >= 0.3 is 6.18 Å². The average Bonchev–Trinajstić information content (AvgIpc) is 2.61. The topological polar surface area (TPSA) is 85.1 Å². The summed E-state index contributed by atoms with van der Waals surface area (Å²) in [6.07, 6.45) is -2.88. The lowest BCUT2D eigenvalue weighted by atomic mass is 9.96. The number of rotatable bonds is 4. The van der Waals surface area contributed by atoms with E-state index < -0.39 is 29.5 Å². The zero-order valence-corrected chi connectivity index (χ0v) is 13.8. The Morgan fingerprint density at radius 2 is 1.74 bits per heavy atom. The van der Waals surface area contributed by atoms with Gasteiger partial charge in [-0.2, -0.15) is 13.2 Å². The molecule has 0 spiro atoms. The summed E-state index contributed by atoms with van der Waals surface area (Å²) in [5, 5.41) is 3.35. The zero-order chi connectivity index (χ0) is 19.6. The Morgan fingerprint density at radius 3 is 2.37 bits per heavy atom. The Labute approximate surface area is 152 Å². The van der Waals surface area contributed by atoms with Crippen LogP contribution in [0.25, 0.3) is 10.9 Å². The van der Waals surface area contributed by atoms with Crippen LogP contribution in [0.3, 0.4) is 0 Å². The predicted molar refractivity (Wildman–Crippen MR) is 93.8 cm³/mol. The number of halogens is 3. The summed E-state index contributed by atoms with van der Waals surface area (Å²) in [7, 11) is 0. The minimum Gasteiger partial charge on any atom is -0.369 e. The van der Waals surface area contributed by atoms with E-state index >= 15 is 0 Å². The molecule has 3 N–H and O–H groups in total. The first-order chi connectivity index (χ1) is 12.8. The highest BCUT2D eigenvalue weighted by atomic mass is 19.4. The van der Waals surface area contributed by atoms with Gasteiger partial charge < -0.3 is 11.1 Å². The Balaban J connectivity index is 1.85. The second-order valence-corrected chi connectivity index (χ2v) is 5.86. The van der Waals surface area contributed by atoms with Crippen LogP contribution in [-0.4, -0.2) is 16.8 Å². The molecule has 2 aromatic carbocycles. The predicted octanol–water partition coefficient (Wildman–Crippen LogP) is 3.46. The van der Waals surface area contributed by atoms with E-state index in [4.69, 9.17) is 5.73 Å². The van der Waals surface area contributed by atoms with E-state index in [1.54, 1.807) is 36.5 Å². The number of nitrogens with two attached hydrogens (primary N) is 1. The lowest BCUT2D eigenvalue weighted by Gasteiger charge is -2.15. The number of nitrogens with zero attached hydrogens (tertiary/aromatic N) is 1. The number of pyridine rings is 1. The number of primary amides is 1. The monoisotopic (exact) mass is 373 g/mol. The molecular formula is C19H14F3N3O2. The number of benzene rings is 2. The second-order valence-electron chi connectivity index (χ2n) is 5.86. The summed E-state index contributed by atoms with van der Waals surface area (Å²) in [6.45, 7) is 0. The van der Waals surface area contributed by atoms with Gasteiger partial charge in [0, 0.05) is 17.3 Å². The van der Waals surface area contributed by atoms with Crippen molar-refractivity contribution in [2.75, 3.05) is 5.32 Å². The lowest BCUT2D eigenvalue weighted by molar-refractivity contribution is -0.137. The minimum absolute atomic E-state index is 0.0791. The number of nitrogens with one attached hydrogen (secondary N) is 1. The number of anilines is 1. The molecule has 0 aliphatic rings. The van der Waals surface area contributed by atoms with Gasteiger partial charge in [0.05, 0.1) is 11.1 Å². The highest BCUT2D eigenvalue weighted by Crippen LogP contribution is 2.30. The smallest absolute Gasteiger partial charge is 0.369 e. The van der Waals surface area contributed by atoms with Crippen LogP contribution in [0.15, 0.2) is 60.8 Å². The second kappa shape index (κ2) is 7.06. The molecule has 1 aromatic heterocycles. The van der Waals surface area contributed by atoms with Crippen molar-refractivity contribution in [3.8, 4) is 0 Å². The fourth-order valence-electron chi connectivity index (χ4n) is 2.68. The molecule has 0 unspecified atom stereocenters. The van der Waals surface area contributed by atoms with Crippen molar-refractivity contribution in [3.05, 3.63) is 71.9 Å². The van der Waals surface area contributed by atoms with Gasteiger partial charge in [-0.05, 0) is 42.0 Å². The van der Waals surface area contributed by atoms with E-state index in [2.05, 4.69) is 10.3 Å². The molecule has 27 heavy (non-hydrogen) atoms. The Kier molecular flexibility index (Phi) is 4.81. The summed E-state index contributed by atoms with van der Waals surface area (Å²) >= 11 is 0. The van der Waals surface area contributed by atoms with E-state index in [1.807, 2.05) is 0 Å². The first-order valence-electron chi connectivity index (χ1n) is 7.88. The molecule has 138 valence electrons. The maximum atomic E-state index is 12.7. The summed E-state index contributed by atoms with van der Waals surface area (Å²) in [5.74, 6) is -3.11. The average molecular weight is 373 g/mol. The molecule has 0 saturated heterocycles. The van der Waals surface area contributed by atoms with Gasteiger partial charge in [-0.1, -0.05) is 18.2 Å². The van der Waals surface area contributed by atoms with Crippen LogP contribution in [0, 0.1) is 0 Å². The van der Waals surface area contributed by atoms with E-state index in [9.17, 15) is 22.8 Å². The van der Waals surface area contributed by atoms with Crippen molar-refractivity contribution in [1.82, 2.24) is 4.98 Å². The number of hydrogen-bond donors (Lipinski definition) is 2. The number of fused-ring (bicyclic) bond motifs is 1. The molecule has 3 rings (SSSR count). The molecule has 1 atom stereocenters. The Morgan fingerprint density at radius 1 is 1.04 bits per heavy atom. The SMILES string of the molecule is NC(=O)[C@H](C(=O)Nc1ccc2ncccc2c1)c1ccc(C(F)(F)F)cc1. The van der Waals surface area contributed by atoms with Crippen LogP contribution < -0.4 is 11.1 Å². The highest BCUT2D eigenvalue weighted by Gasteiger charge is 2.32. The number of carbonyl (C=O) groups excluding carboxylic acids is 2. The standard InChI is InChI=1S/C19H14F3N3O2/c20-19(21,22)13-5-3-11(4-6-13)16(17(23)26)18(27)25-14-7-8-15-12(10-14)2-1-9-24-15/h1-10,16H,(H2,23,26)(H,25,27)/t16-/m1/s1. The quantitative estimate of drug-likeness (QED) is 0.687. The third-order valence-corrected chi connectivity index (χ3v) is 3.99. The van der Waals surface area contributed by atoms with Crippen molar-refractivity contribution in [2.45, 2.75) is 12.1 Å². The van der Waals surface area contributed by atoms with E-state index in [1.165, 1.54) is 0 Å². The van der Waals surface area contributed by atoms with Crippen LogP contribution in [0.4, 0.5) is 18.9 Å². The Hall–Kier alpha value is -3.42. The summed E-state index contributed by atoms with van der Waals surface area (Å²) in [4.78, 5) is 28.4. The van der Waals surface area contributed by atoms with Crippen molar-refractivity contribution in [2.24, 2.45) is 5.73 Å². The highest BCUT2D eigenvalue weighted by molar-refractivity contribution is 6.11. The zero-order valence-electron chi connectivity index (χ0n) is 13.8. The summed E-state index contributed by atoms with van der Waals surface area (Å²) in [6, 6.07) is 12.3. The van der Waals surface area contributed by atoms with Crippen LogP contribution in [0.2, 0.25) is 0 Å². The third kappa shape index (κ3) is 4.05. The van der Waals surface area contributed by atoms with Gasteiger partial charge in [0.1, 0.15) is 5.92 Å². The molecule has 0 fully saturated rings. The molecule has 0 aliphatic heterocycles. The van der Waals surface area contributed by atoms with Gasteiger partial charge in [0.25, 0.3) is 0 Å². The van der Waals surface area contributed by atoms with Crippen molar-refractivity contribution < 1.29 is 22.8 Å². The van der Waals surface area contributed by atoms with Crippen LogP contribution >= 0.6 is 0 Å². The molecule has 0 radical (unpaired) electrons. The molecule has 2 amide bonds. The number of hydrogen-bond acceptors (Lipinski definition) is 3. The van der Waals surface area contributed by atoms with Gasteiger partial charge in [0.2, 0.25) is 11.8 Å². The van der Waals surface area contributed by atoms with Gasteiger partial charge in [0.15, 0.2) is 0 Å². The van der Waals surface area contributed by atoms with Gasteiger partial charge in [-0.15, -0.1) is 0 Å². The van der Waals surface area contributed by atoms with E-state index in [0.29, 0.717) is 5.69 Å². The van der Waals surface area contributed by atoms with Gasteiger partial charge in [-0.3, -0.25) is 14.6 Å². The summed E-state index contributed by atoms with van der Waals surface area (Å²) in [5.41, 5.74) is 5.65. The maximum Gasteiger partial charge on any atom is 0.416 e. The number of aromatic nitrogens is 1. The first kappa shape index (κ1) is 18.4. The maximum absolute atomic E-state index is 12.7. The minimum atomic E-state index is -4.51.